The maximum atomic E-state index is 10.6. The van der Waals surface area contributed by atoms with Gasteiger partial charge in [-0.15, -0.1) is 0 Å². The van der Waals surface area contributed by atoms with Gasteiger partial charge in [0.15, 0.2) is 6.29 Å². The predicted molar refractivity (Wildman–Crippen MR) is 56.4 cm³/mol. The van der Waals surface area contributed by atoms with Crippen LogP contribution in [0.3, 0.4) is 0 Å². The van der Waals surface area contributed by atoms with E-state index >= 15 is 0 Å². The molecule has 0 aliphatic rings. The van der Waals surface area contributed by atoms with Crippen LogP contribution in [0.5, 0.6) is 0 Å². The molecule has 66 valence electrons. The fraction of sp³-hybridized carbons (Fsp3) is 0. The molecule has 4 heteroatoms. The summed E-state index contributed by atoms with van der Waals surface area (Å²) in [4.78, 5) is 13.5. The number of halogens is 2. The lowest BCUT2D eigenvalue weighted by atomic mass is 10.2. The summed E-state index contributed by atoms with van der Waals surface area (Å²) in [5.74, 6) is 0. The number of hydrogen-bond donors (Lipinski definition) is 1. The van der Waals surface area contributed by atoms with E-state index in [2.05, 4.69) is 20.9 Å². The van der Waals surface area contributed by atoms with Crippen LogP contribution >= 0.6 is 27.5 Å². The predicted octanol–water partition coefficient (Wildman–Crippen LogP) is 3.40. The molecule has 0 fully saturated rings. The van der Waals surface area contributed by atoms with Crippen molar-refractivity contribution in [1.82, 2.24) is 4.98 Å². The first-order chi connectivity index (χ1) is 6.24. The van der Waals surface area contributed by atoms with Crippen LogP contribution in [-0.4, -0.2) is 11.3 Å². The van der Waals surface area contributed by atoms with E-state index in [-0.39, 0.29) is 0 Å². The summed E-state index contributed by atoms with van der Waals surface area (Å²) in [7, 11) is 0. The smallest absolute Gasteiger partial charge is 0.167 e. The van der Waals surface area contributed by atoms with Crippen LogP contribution in [0.25, 0.3) is 10.9 Å². The molecule has 0 amide bonds. The van der Waals surface area contributed by atoms with E-state index in [1.165, 1.54) is 0 Å². The number of aldehydes is 1. The van der Waals surface area contributed by atoms with Gasteiger partial charge >= 0.3 is 0 Å². The van der Waals surface area contributed by atoms with E-state index < -0.39 is 0 Å². The van der Waals surface area contributed by atoms with Crippen molar-refractivity contribution in [3.05, 3.63) is 33.4 Å². The third-order valence-electron chi connectivity index (χ3n) is 1.86. The highest BCUT2D eigenvalue weighted by molar-refractivity contribution is 9.10. The second kappa shape index (κ2) is 3.16. The summed E-state index contributed by atoms with van der Waals surface area (Å²) in [6, 6.07) is 5.64. The van der Waals surface area contributed by atoms with Crippen molar-refractivity contribution in [2.75, 3.05) is 0 Å². The Hall–Kier alpha value is -0.800. The lowest BCUT2D eigenvalue weighted by molar-refractivity contribution is 0.112. The number of aromatic amines is 1. The van der Waals surface area contributed by atoms with Gasteiger partial charge in [0.05, 0.1) is 10.7 Å². The summed E-state index contributed by atoms with van der Waals surface area (Å²) in [5.41, 5.74) is 1.28. The van der Waals surface area contributed by atoms with Gasteiger partial charge < -0.3 is 4.98 Å². The Morgan fingerprint density at radius 3 is 2.85 bits per heavy atom. The molecular formula is C9H5BrClNO. The van der Waals surface area contributed by atoms with Crippen molar-refractivity contribution in [2.45, 2.75) is 0 Å². The van der Waals surface area contributed by atoms with Gasteiger partial charge in [-0.3, -0.25) is 4.79 Å². The highest BCUT2D eigenvalue weighted by atomic mass is 79.9. The van der Waals surface area contributed by atoms with Gasteiger partial charge in [0.1, 0.15) is 0 Å². The van der Waals surface area contributed by atoms with Crippen LogP contribution in [0.15, 0.2) is 22.7 Å². The summed E-state index contributed by atoms with van der Waals surface area (Å²) in [6.45, 7) is 0. The van der Waals surface area contributed by atoms with E-state index in [0.29, 0.717) is 10.7 Å². The fourth-order valence-corrected chi connectivity index (χ4v) is 2.24. The van der Waals surface area contributed by atoms with Crippen LogP contribution in [0.2, 0.25) is 5.02 Å². The number of hydrogen-bond acceptors (Lipinski definition) is 1. The maximum absolute atomic E-state index is 10.6. The number of carbonyl (C=O) groups is 1. The van der Waals surface area contributed by atoms with Gasteiger partial charge in [0, 0.05) is 15.4 Å². The zero-order chi connectivity index (χ0) is 9.42. The van der Waals surface area contributed by atoms with Crippen LogP contribution < -0.4 is 0 Å². The first-order valence-electron chi connectivity index (χ1n) is 3.65. The average Bonchev–Trinajstić information content (AvgIpc) is 2.44. The van der Waals surface area contributed by atoms with Crippen LogP contribution in [-0.2, 0) is 0 Å². The standard InChI is InChI=1S/C9H5BrClNO/c10-5-2-1-3-6-8(5)9(11)7(4-13)12-6/h1-4,12H. The number of aromatic nitrogens is 1. The molecule has 13 heavy (non-hydrogen) atoms. The van der Waals surface area contributed by atoms with Crippen molar-refractivity contribution in [3.63, 3.8) is 0 Å². The van der Waals surface area contributed by atoms with Crippen LogP contribution in [0, 0.1) is 0 Å². The molecule has 0 unspecified atom stereocenters. The van der Waals surface area contributed by atoms with Gasteiger partial charge in [0.2, 0.25) is 0 Å². The van der Waals surface area contributed by atoms with Gasteiger partial charge in [-0.2, -0.15) is 0 Å². The molecule has 0 aliphatic carbocycles. The monoisotopic (exact) mass is 257 g/mol. The Labute approximate surface area is 88.0 Å². The van der Waals surface area contributed by atoms with Crippen molar-refractivity contribution < 1.29 is 4.79 Å². The highest BCUT2D eigenvalue weighted by Crippen LogP contribution is 2.32. The van der Waals surface area contributed by atoms with Gasteiger partial charge in [0.25, 0.3) is 0 Å². The lowest BCUT2D eigenvalue weighted by Crippen LogP contribution is -1.76. The van der Waals surface area contributed by atoms with Gasteiger partial charge in [-0.05, 0) is 12.1 Å². The minimum absolute atomic E-state index is 0.420. The molecule has 2 aromatic rings. The SMILES string of the molecule is O=Cc1[nH]c2cccc(Br)c2c1Cl. The third kappa shape index (κ3) is 1.28. The molecule has 1 aromatic heterocycles. The molecule has 1 N–H and O–H groups in total. The molecular weight excluding hydrogens is 253 g/mol. The first kappa shape index (κ1) is 8.78. The molecule has 0 bridgehead atoms. The summed E-state index contributed by atoms with van der Waals surface area (Å²) < 4.78 is 0.888. The Bertz CT molecular complexity index is 478. The van der Waals surface area contributed by atoms with Crippen molar-refractivity contribution in [3.8, 4) is 0 Å². The Morgan fingerprint density at radius 2 is 2.23 bits per heavy atom. The molecule has 1 aromatic carbocycles. The van der Waals surface area contributed by atoms with E-state index in [9.17, 15) is 4.79 Å². The Balaban J connectivity index is 2.92. The van der Waals surface area contributed by atoms with Crippen molar-refractivity contribution >= 4 is 44.7 Å². The van der Waals surface area contributed by atoms with Crippen LogP contribution in [0.1, 0.15) is 10.5 Å². The minimum atomic E-state index is 0.420. The number of fused-ring (bicyclic) bond motifs is 1. The lowest BCUT2D eigenvalue weighted by Gasteiger charge is -1.92. The zero-order valence-electron chi connectivity index (χ0n) is 6.47. The van der Waals surface area contributed by atoms with E-state index in [1.807, 2.05) is 18.2 Å². The molecule has 0 aliphatic heterocycles. The molecule has 2 nitrogen and oxygen atoms in total. The quantitative estimate of drug-likeness (QED) is 0.781. The number of nitrogens with one attached hydrogen (secondary N) is 1. The van der Waals surface area contributed by atoms with E-state index in [1.54, 1.807) is 0 Å². The Kier molecular flexibility index (Phi) is 2.14. The van der Waals surface area contributed by atoms with Crippen molar-refractivity contribution in [1.29, 1.82) is 0 Å². The minimum Gasteiger partial charge on any atom is -0.351 e. The topological polar surface area (TPSA) is 32.9 Å². The first-order valence-corrected chi connectivity index (χ1v) is 4.82. The maximum Gasteiger partial charge on any atom is 0.167 e. The summed E-state index contributed by atoms with van der Waals surface area (Å²) >= 11 is 9.34. The van der Waals surface area contributed by atoms with E-state index in [4.69, 9.17) is 11.6 Å². The molecule has 2 rings (SSSR count). The number of H-pyrrole nitrogens is 1. The number of carbonyl (C=O) groups excluding carboxylic acids is 1. The number of rotatable bonds is 1. The zero-order valence-corrected chi connectivity index (χ0v) is 8.82. The third-order valence-corrected chi connectivity index (χ3v) is 2.91. The average molecular weight is 259 g/mol. The molecule has 0 spiro atoms. The second-order valence-corrected chi connectivity index (χ2v) is 3.87. The molecule has 0 atom stereocenters. The molecule has 0 saturated carbocycles. The highest BCUT2D eigenvalue weighted by Gasteiger charge is 2.10. The summed E-state index contributed by atoms with van der Waals surface area (Å²) in [5, 5.41) is 1.32. The Morgan fingerprint density at radius 1 is 1.46 bits per heavy atom. The molecule has 0 saturated heterocycles. The fourth-order valence-electron chi connectivity index (χ4n) is 1.27. The molecule has 0 radical (unpaired) electrons. The second-order valence-electron chi connectivity index (χ2n) is 2.63. The number of benzene rings is 1. The molecule has 1 heterocycles. The van der Waals surface area contributed by atoms with Crippen molar-refractivity contribution in [2.24, 2.45) is 0 Å². The van der Waals surface area contributed by atoms with Gasteiger partial charge in [-0.25, -0.2) is 0 Å². The van der Waals surface area contributed by atoms with Crippen LogP contribution in [0.4, 0.5) is 0 Å². The van der Waals surface area contributed by atoms with Gasteiger partial charge in [-0.1, -0.05) is 33.6 Å². The normalized spacial score (nSPS) is 10.6. The van der Waals surface area contributed by atoms with E-state index in [0.717, 1.165) is 21.7 Å². The summed E-state index contributed by atoms with van der Waals surface area (Å²) in [6.07, 6.45) is 0.717. The largest absolute Gasteiger partial charge is 0.351 e.